The van der Waals surface area contributed by atoms with Gasteiger partial charge < -0.3 is 10.6 Å². The quantitative estimate of drug-likeness (QED) is 0.926. The van der Waals surface area contributed by atoms with E-state index in [0.29, 0.717) is 12.5 Å². The first-order valence-corrected chi connectivity index (χ1v) is 8.08. The highest BCUT2D eigenvalue weighted by molar-refractivity contribution is 5.95. The molecule has 1 fully saturated rings. The van der Waals surface area contributed by atoms with Crippen LogP contribution in [-0.2, 0) is 11.2 Å². The molecule has 0 aliphatic carbocycles. The van der Waals surface area contributed by atoms with Crippen LogP contribution < -0.4 is 10.6 Å². The molecule has 0 atom stereocenters. The zero-order chi connectivity index (χ0) is 14.7. The summed E-state index contributed by atoms with van der Waals surface area (Å²) in [6.45, 7) is 4.19. The highest BCUT2D eigenvalue weighted by atomic mass is 35.5. The van der Waals surface area contributed by atoms with Gasteiger partial charge in [0.2, 0.25) is 5.91 Å². The van der Waals surface area contributed by atoms with Crippen molar-refractivity contribution in [2.45, 2.75) is 25.7 Å². The molecule has 0 aromatic heterocycles. The van der Waals surface area contributed by atoms with Gasteiger partial charge in [-0.25, -0.2) is 0 Å². The van der Waals surface area contributed by atoms with Gasteiger partial charge in [-0.1, -0.05) is 18.2 Å². The van der Waals surface area contributed by atoms with Gasteiger partial charge in [0.05, 0.1) is 6.54 Å². The van der Waals surface area contributed by atoms with E-state index in [2.05, 4.69) is 23.1 Å². The molecule has 0 spiro atoms. The summed E-state index contributed by atoms with van der Waals surface area (Å²) >= 11 is 0. The SMILES string of the molecule is Cl.NCC1CCN(CC(=O)N2CCCc3ccccc32)CC1. The molecule has 1 saturated heterocycles. The molecule has 5 heteroatoms. The first-order chi connectivity index (χ1) is 10.3. The number of piperidine rings is 1. The third-order valence-corrected chi connectivity index (χ3v) is 4.81. The number of para-hydroxylation sites is 1. The van der Waals surface area contributed by atoms with E-state index in [1.165, 1.54) is 5.56 Å². The monoisotopic (exact) mass is 323 g/mol. The van der Waals surface area contributed by atoms with Crippen LogP contribution in [0, 0.1) is 5.92 Å². The molecular weight excluding hydrogens is 298 g/mol. The maximum atomic E-state index is 12.6. The number of amides is 1. The Balaban J connectivity index is 0.00000176. The van der Waals surface area contributed by atoms with Crippen molar-refractivity contribution in [3.63, 3.8) is 0 Å². The van der Waals surface area contributed by atoms with Crippen LogP contribution in [0.2, 0.25) is 0 Å². The normalized spacial score (nSPS) is 19.4. The van der Waals surface area contributed by atoms with Gasteiger partial charge in [0, 0.05) is 12.2 Å². The molecule has 2 N–H and O–H groups in total. The fourth-order valence-electron chi connectivity index (χ4n) is 3.45. The lowest BCUT2D eigenvalue weighted by molar-refractivity contribution is -0.120. The van der Waals surface area contributed by atoms with E-state index in [9.17, 15) is 4.79 Å². The lowest BCUT2D eigenvalue weighted by Crippen LogP contribution is -2.45. The first kappa shape index (κ1) is 17.3. The smallest absolute Gasteiger partial charge is 0.241 e. The Hall–Kier alpha value is -1.10. The highest BCUT2D eigenvalue weighted by Crippen LogP contribution is 2.27. The predicted molar refractivity (Wildman–Crippen MR) is 92.6 cm³/mol. The van der Waals surface area contributed by atoms with Gasteiger partial charge in [-0.2, -0.15) is 0 Å². The minimum absolute atomic E-state index is 0. The van der Waals surface area contributed by atoms with Crippen LogP contribution in [0.3, 0.4) is 0 Å². The van der Waals surface area contributed by atoms with Gasteiger partial charge >= 0.3 is 0 Å². The standard InChI is InChI=1S/C17H25N3O.ClH/c18-12-14-7-10-19(11-8-14)13-17(21)20-9-3-5-15-4-1-2-6-16(15)20;/h1-2,4,6,14H,3,5,7-13,18H2;1H. The molecule has 1 amide bonds. The van der Waals surface area contributed by atoms with Crippen LogP contribution in [0.4, 0.5) is 5.69 Å². The van der Waals surface area contributed by atoms with Crippen molar-refractivity contribution in [3.8, 4) is 0 Å². The molecule has 2 aliphatic rings. The Morgan fingerprint density at radius 2 is 1.91 bits per heavy atom. The fraction of sp³-hybridized carbons (Fsp3) is 0.588. The molecule has 0 bridgehead atoms. The summed E-state index contributed by atoms with van der Waals surface area (Å²) in [5.41, 5.74) is 8.15. The number of fused-ring (bicyclic) bond motifs is 1. The van der Waals surface area contributed by atoms with E-state index in [1.54, 1.807) is 0 Å². The number of nitrogens with zero attached hydrogens (tertiary/aromatic N) is 2. The topological polar surface area (TPSA) is 49.6 Å². The number of nitrogens with two attached hydrogens (primary N) is 1. The van der Waals surface area contributed by atoms with Gasteiger partial charge in [-0.3, -0.25) is 9.69 Å². The van der Waals surface area contributed by atoms with Gasteiger partial charge in [0.25, 0.3) is 0 Å². The number of hydrogen-bond donors (Lipinski definition) is 1. The third kappa shape index (κ3) is 3.80. The predicted octanol–water partition coefficient (Wildman–Crippen LogP) is 2.06. The number of likely N-dealkylation sites (tertiary alicyclic amines) is 1. The average Bonchev–Trinajstić information content (AvgIpc) is 2.55. The van der Waals surface area contributed by atoms with E-state index in [1.807, 2.05) is 11.0 Å². The fourth-order valence-corrected chi connectivity index (χ4v) is 3.45. The van der Waals surface area contributed by atoms with Crippen LogP contribution in [0.15, 0.2) is 24.3 Å². The number of rotatable bonds is 3. The van der Waals surface area contributed by atoms with E-state index in [0.717, 1.165) is 57.5 Å². The molecule has 22 heavy (non-hydrogen) atoms. The lowest BCUT2D eigenvalue weighted by atomic mass is 9.97. The average molecular weight is 324 g/mol. The number of carbonyl (C=O) groups excluding carboxylic acids is 1. The zero-order valence-corrected chi connectivity index (χ0v) is 13.9. The summed E-state index contributed by atoms with van der Waals surface area (Å²) in [7, 11) is 0. The number of benzene rings is 1. The van der Waals surface area contributed by atoms with Crippen molar-refractivity contribution < 1.29 is 4.79 Å². The number of halogens is 1. The summed E-state index contributed by atoms with van der Waals surface area (Å²) < 4.78 is 0. The zero-order valence-electron chi connectivity index (χ0n) is 13.0. The summed E-state index contributed by atoms with van der Waals surface area (Å²) in [6.07, 6.45) is 4.40. The Labute approximate surface area is 139 Å². The van der Waals surface area contributed by atoms with E-state index >= 15 is 0 Å². The van der Waals surface area contributed by atoms with Crippen LogP contribution in [0.5, 0.6) is 0 Å². The second-order valence-electron chi connectivity index (χ2n) is 6.23. The van der Waals surface area contributed by atoms with Gasteiger partial charge in [-0.05, 0) is 62.9 Å². The molecule has 1 aromatic rings. The first-order valence-electron chi connectivity index (χ1n) is 8.08. The van der Waals surface area contributed by atoms with Gasteiger partial charge in [0.1, 0.15) is 0 Å². The van der Waals surface area contributed by atoms with Crippen LogP contribution in [0.25, 0.3) is 0 Å². The number of aryl methyl sites for hydroxylation is 1. The number of anilines is 1. The Kier molecular flexibility index (Phi) is 6.24. The lowest BCUT2D eigenvalue weighted by Gasteiger charge is -2.34. The Morgan fingerprint density at radius 1 is 1.18 bits per heavy atom. The van der Waals surface area contributed by atoms with E-state index < -0.39 is 0 Å². The Bertz CT molecular complexity index is 500. The molecule has 2 aliphatic heterocycles. The van der Waals surface area contributed by atoms with Crippen molar-refractivity contribution in [1.29, 1.82) is 0 Å². The van der Waals surface area contributed by atoms with Crippen LogP contribution in [-0.4, -0.2) is 43.5 Å². The van der Waals surface area contributed by atoms with Gasteiger partial charge in [-0.15, -0.1) is 12.4 Å². The molecule has 122 valence electrons. The second kappa shape index (κ2) is 7.95. The maximum absolute atomic E-state index is 12.6. The van der Waals surface area contributed by atoms with Crippen LogP contribution in [0.1, 0.15) is 24.8 Å². The molecule has 0 unspecified atom stereocenters. The summed E-state index contributed by atoms with van der Waals surface area (Å²) in [5, 5.41) is 0. The minimum Gasteiger partial charge on any atom is -0.330 e. The molecular formula is C17H26ClN3O. The molecule has 0 radical (unpaired) electrons. The van der Waals surface area contributed by atoms with E-state index in [4.69, 9.17) is 5.73 Å². The number of hydrogen-bond acceptors (Lipinski definition) is 3. The molecule has 0 saturated carbocycles. The number of carbonyl (C=O) groups is 1. The van der Waals surface area contributed by atoms with Crippen molar-refractivity contribution >= 4 is 24.0 Å². The minimum atomic E-state index is 0. The van der Waals surface area contributed by atoms with Crippen molar-refractivity contribution in [3.05, 3.63) is 29.8 Å². The molecule has 1 aromatic carbocycles. The van der Waals surface area contributed by atoms with E-state index in [-0.39, 0.29) is 18.3 Å². The third-order valence-electron chi connectivity index (χ3n) is 4.81. The van der Waals surface area contributed by atoms with Crippen LogP contribution >= 0.6 is 12.4 Å². The van der Waals surface area contributed by atoms with Gasteiger partial charge in [0.15, 0.2) is 0 Å². The molecule has 4 nitrogen and oxygen atoms in total. The summed E-state index contributed by atoms with van der Waals surface area (Å²) in [5.74, 6) is 0.889. The molecule has 3 rings (SSSR count). The Morgan fingerprint density at radius 3 is 2.64 bits per heavy atom. The molecule has 2 heterocycles. The summed E-state index contributed by atoms with van der Waals surface area (Å²) in [6, 6.07) is 8.30. The van der Waals surface area contributed by atoms with Crippen molar-refractivity contribution in [1.82, 2.24) is 4.90 Å². The van der Waals surface area contributed by atoms with Crippen molar-refractivity contribution in [2.75, 3.05) is 37.6 Å². The summed E-state index contributed by atoms with van der Waals surface area (Å²) in [4.78, 5) is 16.9. The largest absolute Gasteiger partial charge is 0.330 e. The second-order valence-corrected chi connectivity index (χ2v) is 6.23. The van der Waals surface area contributed by atoms with Crippen molar-refractivity contribution in [2.24, 2.45) is 11.7 Å². The highest BCUT2D eigenvalue weighted by Gasteiger charge is 2.25. The maximum Gasteiger partial charge on any atom is 0.241 e.